The number of rotatable bonds is 8. The minimum atomic E-state index is -0.519. The van der Waals surface area contributed by atoms with Crippen molar-refractivity contribution in [3.63, 3.8) is 0 Å². The molecule has 0 heterocycles. The van der Waals surface area contributed by atoms with E-state index in [1.165, 1.54) is 0 Å². The molecular formula is C15H21BrN2O2. The normalized spacial score (nSPS) is 11.8. The van der Waals surface area contributed by atoms with Gasteiger partial charge >= 0.3 is 0 Å². The molecule has 0 bridgehead atoms. The summed E-state index contributed by atoms with van der Waals surface area (Å²) in [5.74, 6) is 1.25. The first-order chi connectivity index (χ1) is 9.62. The van der Waals surface area contributed by atoms with Crippen LogP contribution in [-0.2, 0) is 6.54 Å². The van der Waals surface area contributed by atoms with Crippen LogP contribution in [0.5, 0.6) is 11.5 Å². The van der Waals surface area contributed by atoms with Gasteiger partial charge in [-0.05, 0) is 60.4 Å². The molecule has 1 unspecified atom stereocenters. The second kappa shape index (κ2) is 8.83. The number of hydrogen-bond acceptors (Lipinski definition) is 4. The summed E-state index contributed by atoms with van der Waals surface area (Å²) >= 11 is 3.49. The Balaban J connectivity index is 2.96. The number of benzene rings is 1. The Morgan fingerprint density at radius 1 is 1.40 bits per heavy atom. The zero-order valence-electron chi connectivity index (χ0n) is 12.2. The van der Waals surface area contributed by atoms with E-state index < -0.39 is 6.10 Å². The molecule has 5 heteroatoms. The topological polar surface area (TPSA) is 54.3 Å². The third kappa shape index (κ3) is 5.03. The second-order valence-electron chi connectivity index (χ2n) is 4.40. The van der Waals surface area contributed by atoms with Gasteiger partial charge in [-0.2, -0.15) is 5.26 Å². The standard InChI is InChI=1S/C15H21BrN2O2/c1-4-6-18-10-12-7-13(16)15(20-11(3)9-17)14(8-12)19-5-2/h7-8,11,18H,4-6,10H2,1-3H3. The van der Waals surface area contributed by atoms with Gasteiger partial charge in [0.2, 0.25) is 0 Å². The van der Waals surface area contributed by atoms with E-state index in [0.717, 1.165) is 29.5 Å². The predicted octanol–water partition coefficient (Wildman–Crippen LogP) is 3.64. The molecule has 4 nitrogen and oxygen atoms in total. The van der Waals surface area contributed by atoms with Gasteiger partial charge in [-0.15, -0.1) is 0 Å². The van der Waals surface area contributed by atoms with Crippen LogP contribution in [0.2, 0.25) is 0 Å². The van der Waals surface area contributed by atoms with Gasteiger partial charge in [-0.3, -0.25) is 0 Å². The number of nitrogens with one attached hydrogen (secondary N) is 1. The zero-order chi connectivity index (χ0) is 15.0. The third-order valence-corrected chi connectivity index (χ3v) is 3.19. The molecule has 0 radical (unpaired) electrons. The van der Waals surface area contributed by atoms with Crippen LogP contribution >= 0.6 is 15.9 Å². The summed E-state index contributed by atoms with van der Waals surface area (Å²) in [4.78, 5) is 0. The summed E-state index contributed by atoms with van der Waals surface area (Å²) in [6.07, 6.45) is 0.579. The molecule has 0 saturated carbocycles. The summed E-state index contributed by atoms with van der Waals surface area (Å²) in [5.41, 5.74) is 1.12. The van der Waals surface area contributed by atoms with Crippen molar-refractivity contribution >= 4 is 15.9 Å². The molecular weight excluding hydrogens is 320 g/mol. The highest BCUT2D eigenvalue weighted by Gasteiger charge is 2.14. The minimum Gasteiger partial charge on any atom is -0.490 e. The molecule has 0 aliphatic rings. The van der Waals surface area contributed by atoms with Gasteiger partial charge in [0.05, 0.1) is 11.1 Å². The SMILES string of the molecule is CCCNCc1cc(Br)c(OC(C)C#N)c(OCC)c1. The smallest absolute Gasteiger partial charge is 0.181 e. The number of halogens is 1. The van der Waals surface area contributed by atoms with Gasteiger partial charge in [0, 0.05) is 6.54 Å². The van der Waals surface area contributed by atoms with Crippen molar-refractivity contribution in [3.8, 4) is 17.6 Å². The fraction of sp³-hybridized carbons (Fsp3) is 0.533. The molecule has 1 N–H and O–H groups in total. The first-order valence-electron chi connectivity index (χ1n) is 6.84. The van der Waals surface area contributed by atoms with Crippen LogP contribution in [0.4, 0.5) is 0 Å². The van der Waals surface area contributed by atoms with Gasteiger partial charge in [-0.1, -0.05) is 6.92 Å². The van der Waals surface area contributed by atoms with Crippen molar-refractivity contribution in [2.45, 2.75) is 39.8 Å². The lowest BCUT2D eigenvalue weighted by atomic mass is 10.2. The van der Waals surface area contributed by atoms with E-state index in [0.29, 0.717) is 18.1 Å². The van der Waals surface area contributed by atoms with Crippen molar-refractivity contribution < 1.29 is 9.47 Å². The monoisotopic (exact) mass is 340 g/mol. The van der Waals surface area contributed by atoms with Crippen molar-refractivity contribution in [1.29, 1.82) is 5.26 Å². The Hall–Kier alpha value is -1.25. The molecule has 0 aliphatic heterocycles. The molecule has 0 saturated heterocycles. The Labute approximate surface area is 129 Å². The molecule has 0 spiro atoms. The lowest BCUT2D eigenvalue weighted by Crippen LogP contribution is -2.14. The first kappa shape index (κ1) is 16.8. The van der Waals surface area contributed by atoms with E-state index in [1.54, 1.807) is 6.92 Å². The number of hydrogen-bond donors (Lipinski definition) is 1. The van der Waals surface area contributed by atoms with Gasteiger partial charge in [-0.25, -0.2) is 0 Å². The summed E-state index contributed by atoms with van der Waals surface area (Å²) < 4.78 is 12.0. The highest BCUT2D eigenvalue weighted by atomic mass is 79.9. The second-order valence-corrected chi connectivity index (χ2v) is 5.26. The Morgan fingerprint density at radius 3 is 2.75 bits per heavy atom. The third-order valence-electron chi connectivity index (χ3n) is 2.60. The highest BCUT2D eigenvalue weighted by Crippen LogP contribution is 2.37. The first-order valence-corrected chi connectivity index (χ1v) is 7.63. The van der Waals surface area contributed by atoms with Crippen molar-refractivity contribution in [3.05, 3.63) is 22.2 Å². The van der Waals surface area contributed by atoms with E-state index >= 15 is 0 Å². The molecule has 1 atom stereocenters. The summed E-state index contributed by atoms with van der Waals surface area (Å²) in [6, 6.07) is 6.00. The minimum absolute atomic E-state index is 0.519. The summed E-state index contributed by atoms with van der Waals surface area (Å²) in [5, 5.41) is 12.2. The zero-order valence-corrected chi connectivity index (χ0v) is 13.8. The van der Waals surface area contributed by atoms with Crippen LogP contribution in [0.25, 0.3) is 0 Å². The molecule has 0 aliphatic carbocycles. The molecule has 110 valence electrons. The molecule has 1 rings (SSSR count). The Bertz CT molecular complexity index is 472. The van der Waals surface area contributed by atoms with Gasteiger partial charge in [0.1, 0.15) is 6.07 Å². The van der Waals surface area contributed by atoms with E-state index in [-0.39, 0.29) is 0 Å². The van der Waals surface area contributed by atoms with Crippen molar-refractivity contribution in [2.75, 3.05) is 13.2 Å². The van der Waals surface area contributed by atoms with Crippen LogP contribution in [0.15, 0.2) is 16.6 Å². The molecule has 1 aromatic rings. The van der Waals surface area contributed by atoms with Gasteiger partial charge in [0.15, 0.2) is 17.6 Å². The van der Waals surface area contributed by atoms with Crippen LogP contribution < -0.4 is 14.8 Å². The van der Waals surface area contributed by atoms with Crippen LogP contribution in [0, 0.1) is 11.3 Å². The van der Waals surface area contributed by atoms with E-state index in [9.17, 15) is 0 Å². The Kier molecular flexibility index (Phi) is 7.42. The number of nitriles is 1. The molecule has 20 heavy (non-hydrogen) atoms. The van der Waals surface area contributed by atoms with Crippen molar-refractivity contribution in [2.24, 2.45) is 0 Å². The fourth-order valence-electron chi connectivity index (χ4n) is 1.71. The highest BCUT2D eigenvalue weighted by molar-refractivity contribution is 9.10. The average Bonchev–Trinajstić information content (AvgIpc) is 2.43. The summed E-state index contributed by atoms with van der Waals surface area (Å²) in [7, 11) is 0. The van der Waals surface area contributed by atoms with Crippen LogP contribution in [0.3, 0.4) is 0 Å². The maximum absolute atomic E-state index is 8.86. The molecule has 0 aromatic heterocycles. The lowest BCUT2D eigenvalue weighted by Gasteiger charge is -2.16. The maximum atomic E-state index is 8.86. The average molecular weight is 341 g/mol. The van der Waals surface area contributed by atoms with Gasteiger partial charge in [0.25, 0.3) is 0 Å². The number of ether oxygens (including phenoxy) is 2. The maximum Gasteiger partial charge on any atom is 0.181 e. The lowest BCUT2D eigenvalue weighted by molar-refractivity contribution is 0.248. The molecule has 1 aromatic carbocycles. The van der Waals surface area contributed by atoms with E-state index in [2.05, 4.69) is 34.2 Å². The number of nitrogens with zero attached hydrogens (tertiary/aromatic N) is 1. The fourth-order valence-corrected chi connectivity index (χ4v) is 2.30. The predicted molar refractivity (Wildman–Crippen MR) is 83.0 cm³/mol. The molecule has 0 fully saturated rings. The Morgan fingerprint density at radius 2 is 2.15 bits per heavy atom. The van der Waals surface area contributed by atoms with E-state index in [1.807, 2.05) is 19.1 Å². The largest absolute Gasteiger partial charge is 0.490 e. The summed E-state index contributed by atoms with van der Waals surface area (Å²) in [6.45, 7) is 8.07. The van der Waals surface area contributed by atoms with Crippen LogP contribution in [-0.4, -0.2) is 19.3 Å². The van der Waals surface area contributed by atoms with Crippen LogP contribution in [0.1, 0.15) is 32.8 Å². The van der Waals surface area contributed by atoms with E-state index in [4.69, 9.17) is 14.7 Å². The van der Waals surface area contributed by atoms with Crippen molar-refractivity contribution in [1.82, 2.24) is 5.32 Å². The quantitative estimate of drug-likeness (QED) is 0.734. The molecule has 0 amide bonds. The van der Waals surface area contributed by atoms with Gasteiger partial charge < -0.3 is 14.8 Å².